The molecule has 0 amide bonds. The molecule has 7 heteroatoms. The molecule has 0 spiro atoms. The zero-order valence-electron chi connectivity index (χ0n) is 13.9. The van der Waals surface area contributed by atoms with Crippen molar-refractivity contribution >= 4 is 17.9 Å². The summed E-state index contributed by atoms with van der Waals surface area (Å²) in [6.07, 6.45) is 3.42. The minimum absolute atomic E-state index is 0.00259. The van der Waals surface area contributed by atoms with E-state index in [1.165, 1.54) is 6.08 Å². The predicted octanol–water partition coefficient (Wildman–Crippen LogP) is 2.49. The zero-order chi connectivity index (χ0) is 18.9. The van der Waals surface area contributed by atoms with Gasteiger partial charge in [0.15, 0.2) is 0 Å². The van der Waals surface area contributed by atoms with Crippen molar-refractivity contribution in [2.75, 3.05) is 6.61 Å². The maximum absolute atomic E-state index is 10.6. The summed E-state index contributed by atoms with van der Waals surface area (Å²) in [6.45, 7) is 10.9. The molecule has 1 aliphatic heterocycles. The number of allylic oxidation sites excluding steroid dienone is 1. The molecule has 1 fully saturated rings. The molecule has 1 aliphatic rings. The Hall–Kier alpha value is -2.41. The van der Waals surface area contributed by atoms with Crippen molar-refractivity contribution in [3.05, 3.63) is 36.0 Å². The summed E-state index contributed by atoms with van der Waals surface area (Å²) >= 11 is 0. The summed E-state index contributed by atoms with van der Waals surface area (Å²) in [7, 11) is 0. The first-order chi connectivity index (χ1) is 11.1. The van der Waals surface area contributed by atoms with E-state index in [1.807, 2.05) is 0 Å². The number of epoxide rings is 1. The lowest BCUT2D eigenvalue weighted by atomic mass is 9.99. The maximum Gasteiger partial charge on any atom is 0.331 e. The van der Waals surface area contributed by atoms with Gasteiger partial charge in [0.05, 0.1) is 12.7 Å². The summed E-state index contributed by atoms with van der Waals surface area (Å²) in [5.41, 5.74) is 0.479. The van der Waals surface area contributed by atoms with Gasteiger partial charge in [-0.3, -0.25) is 0 Å². The average molecular weight is 340 g/mol. The van der Waals surface area contributed by atoms with Gasteiger partial charge < -0.3 is 20.1 Å². The average Bonchev–Trinajstić information content (AvgIpc) is 3.33. The van der Waals surface area contributed by atoms with Gasteiger partial charge in [-0.05, 0) is 19.3 Å². The minimum atomic E-state index is -1.10. The summed E-state index contributed by atoms with van der Waals surface area (Å²) in [5.74, 6) is -3.48. The van der Waals surface area contributed by atoms with Crippen LogP contribution in [-0.2, 0) is 19.1 Å². The number of ether oxygens (including phenoxy) is 1. The highest BCUT2D eigenvalue weighted by Crippen LogP contribution is 2.17. The van der Waals surface area contributed by atoms with Crippen LogP contribution in [-0.4, -0.2) is 45.9 Å². The van der Waals surface area contributed by atoms with Crippen molar-refractivity contribution in [2.45, 2.75) is 39.2 Å². The molecule has 1 rings (SSSR count). The van der Waals surface area contributed by atoms with Crippen LogP contribution >= 0.6 is 0 Å². The third-order valence-corrected chi connectivity index (χ3v) is 3.40. The summed E-state index contributed by atoms with van der Waals surface area (Å²) < 4.78 is 4.90. The summed E-state index contributed by atoms with van der Waals surface area (Å²) in [4.78, 5) is 31.3. The first kappa shape index (κ1) is 21.6. The fourth-order valence-corrected chi connectivity index (χ4v) is 1.61. The topological polar surface area (TPSA) is 124 Å². The molecule has 0 saturated carbocycles. The molecule has 0 aromatic heterocycles. The normalized spacial score (nSPS) is 17.1. The van der Waals surface area contributed by atoms with E-state index in [4.69, 9.17) is 20.1 Å². The van der Waals surface area contributed by atoms with Gasteiger partial charge in [-0.1, -0.05) is 33.1 Å². The Balaban J connectivity index is 0.000000463. The van der Waals surface area contributed by atoms with Crippen molar-refractivity contribution in [1.29, 1.82) is 0 Å². The highest BCUT2D eigenvalue weighted by molar-refractivity contribution is 5.89. The van der Waals surface area contributed by atoms with Gasteiger partial charge in [-0.25, -0.2) is 14.4 Å². The molecule has 134 valence electrons. The van der Waals surface area contributed by atoms with Crippen LogP contribution in [0.5, 0.6) is 0 Å². The molecule has 7 nitrogen and oxygen atoms in total. The fourth-order valence-electron chi connectivity index (χ4n) is 1.61. The Labute approximate surface area is 140 Å². The molecule has 1 heterocycles. The quantitative estimate of drug-likeness (QED) is 0.435. The number of carbonyl (C=O) groups is 3. The molecule has 1 saturated heterocycles. The van der Waals surface area contributed by atoms with Crippen molar-refractivity contribution in [3.8, 4) is 0 Å². The second-order valence-corrected chi connectivity index (χ2v) is 5.37. The smallest absolute Gasteiger partial charge is 0.331 e. The number of carboxylic acids is 3. The first-order valence-corrected chi connectivity index (χ1v) is 7.48. The fraction of sp³-hybridized carbons (Fsp3) is 0.471. The van der Waals surface area contributed by atoms with Gasteiger partial charge in [0.2, 0.25) is 0 Å². The van der Waals surface area contributed by atoms with E-state index in [0.717, 1.165) is 13.0 Å². The highest BCUT2D eigenvalue weighted by Gasteiger charge is 2.22. The monoisotopic (exact) mass is 340 g/mol. The third kappa shape index (κ3) is 8.89. The van der Waals surface area contributed by atoms with Crippen LogP contribution in [0.3, 0.4) is 0 Å². The van der Waals surface area contributed by atoms with Gasteiger partial charge in [-0.2, -0.15) is 0 Å². The molecular weight excluding hydrogens is 316 g/mol. The molecule has 3 N–H and O–H groups in total. The van der Waals surface area contributed by atoms with Gasteiger partial charge in [0, 0.05) is 22.6 Å². The van der Waals surface area contributed by atoms with Crippen LogP contribution in [0, 0.1) is 5.92 Å². The Kier molecular flexibility index (Phi) is 9.34. The van der Waals surface area contributed by atoms with Crippen LogP contribution in [0.1, 0.15) is 33.1 Å². The maximum atomic E-state index is 10.6. The Morgan fingerprint density at radius 1 is 1.17 bits per heavy atom. The molecule has 0 bridgehead atoms. The van der Waals surface area contributed by atoms with Gasteiger partial charge in [0.25, 0.3) is 0 Å². The van der Waals surface area contributed by atoms with Crippen LogP contribution in [0.15, 0.2) is 36.0 Å². The molecule has 0 radical (unpaired) electrons. The Morgan fingerprint density at radius 3 is 2.04 bits per heavy atom. The summed E-state index contributed by atoms with van der Waals surface area (Å²) in [6, 6.07) is 0. The van der Waals surface area contributed by atoms with Crippen molar-refractivity contribution in [1.82, 2.24) is 0 Å². The largest absolute Gasteiger partial charge is 0.478 e. The Bertz CT molecular complexity index is 541. The van der Waals surface area contributed by atoms with E-state index in [1.54, 1.807) is 13.8 Å². The van der Waals surface area contributed by atoms with E-state index in [2.05, 4.69) is 13.2 Å². The molecular formula is C17H24O7. The standard InChI is InChI=1S/C10H14O4.C7H10O3/c1-4-8(10(13)14)5-6(2)7(3)9(11)12;1-5(7(8)9)2-3-6-4-10-6/h5-6H,3-4H2,1-2H3,(H,11,12)(H,13,14);6H,1-4H2,(H,8,9). The lowest BCUT2D eigenvalue weighted by molar-refractivity contribution is -0.134. The van der Waals surface area contributed by atoms with Crippen molar-refractivity contribution in [3.63, 3.8) is 0 Å². The van der Waals surface area contributed by atoms with E-state index in [-0.39, 0.29) is 16.7 Å². The van der Waals surface area contributed by atoms with E-state index < -0.39 is 23.8 Å². The lowest BCUT2D eigenvalue weighted by Gasteiger charge is -2.07. The van der Waals surface area contributed by atoms with Gasteiger partial charge in [0.1, 0.15) is 0 Å². The SMILES string of the molecule is C=C(C(=O)O)C(C)C=C(CC)C(=O)O.C=C(CCC1CO1)C(=O)O. The zero-order valence-corrected chi connectivity index (χ0v) is 13.9. The van der Waals surface area contributed by atoms with Crippen LogP contribution < -0.4 is 0 Å². The second-order valence-electron chi connectivity index (χ2n) is 5.37. The predicted molar refractivity (Wildman–Crippen MR) is 87.7 cm³/mol. The number of hydrogen-bond acceptors (Lipinski definition) is 4. The second kappa shape index (κ2) is 10.4. The van der Waals surface area contributed by atoms with Gasteiger partial charge in [-0.15, -0.1) is 0 Å². The molecule has 0 aromatic carbocycles. The Morgan fingerprint density at radius 2 is 1.71 bits per heavy atom. The molecule has 2 atom stereocenters. The highest BCUT2D eigenvalue weighted by atomic mass is 16.6. The van der Waals surface area contributed by atoms with E-state index in [9.17, 15) is 14.4 Å². The van der Waals surface area contributed by atoms with Crippen molar-refractivity contribution in [2.24, 2.45) is 5.92 Å². The molecule has 2 unspecified atom stereocenters. The van der Waals surface area contributed by atoms with E-state index in [0.29, 0.717) is 18.9 Å². The van der Waals surface area contributed by atoms with Crippen molar-refractivity contribution < 1.29 is 34.4 Å². The number of carboxylic acid groups (broad SMARTS) is 3. The number of aliphatic carboxylic acids is 3. The molecule has 0 aromatic rings. The van der Waals surface area contributed by atoms with Crippen LogP contribution in [0.2, 0.25) is 0 Å². The van der Waals surface area contributed by atoms with E-state index >= 15 is 0 Å². The lowest BCUT2D eigenvalue weighted by Crippen LogP contribution is -2.09. The molecule has 24 heavy (non-hydrogen) atoms. The molecule has 0 aliphatic carbocycles. The minimum Gasteiger partial charge on any atom is -0.478 e. The van der Waals surface area contributed by atoms with Crippen LogP contribution in [0.4, 0.5) is 0 Å². The number of rotatable bonds is 9. The third-order valence-electron chi connectivity index (χ3n) is 3.40. The number of hydrogen-bond donors (Lipinski definition) is 3. The van der Waals surface area contributed by atoms with Crippen LogP contribution in [0.25, 0.3) is 0 Å². The van der Waals surface area contributed by atoms with Gasteiger partial charge >= 0.3 is 17.9 Å². The summed E-state index contributed by atoms with van der Waals surface area (Å²) in [5, 5.41) is 25.7. The first-order valence-electron chi connectivity index (χ1n) is 7.48.